The van der Waals surface area contributed by atoms with Gasteiger partial charge in [0.1, 0.15) is 0 Å². The predicted octanol–water partition coefficient (Wildman–Crippen LogP) is 2.30. The minimum absolute atomic E-state index is 0.0918. The zero-order chi connectivity index (χ0) is 16.0. The van der Waals surface area contributed by atoms with Crippen molar-refractivity contribution < 1.29 is 26.1 Å². The molecule has 0 bridgehead atoms. The van der Waals surface area contributed by atoms with Gasteiger partial charge in [0.05, 0.1) is 11.4 Å². The molecule has 1 aliphatic heterocycles. The quantitative estimate of drug-likeness (QED) is 0.843. The van der Waals surface area contributed by atoms with Gasteiger partial charge in [0.15, 0.2) is 0 Å². The van der Waals surface area contributed by atoms with Crippen LogP contribution in [0.15, 0.2) is 28.8 Å². The van der Waals surface area contributed by atoms with Crippen molar-refractivity contribution in [1.29, 1.82) is 0 Å². The van der Waals surface area contributed by atoms with Crippen LogP contribution in [0.25, 0.3) is 11.4 Å². The van der Waals surface area contributed by atoms with E-state index in [-0.39, 0.29) is 11.6 Å². The lowest BCUT2D eigenvalue weighted by atomic mass is 10.2. The summed E-state index contributed by atoms with van der Waals surface area (Å²) in [6.07, 6.45) is -4.15. The van der Waals surface area contributed by atoms with Gasteiger partial charge < -0.3 is 4.52 Å². The number of halogens is 3. The molecule has 118 valence electrons. The molecule has 2 heterocycles. The fourth-order valence-corrected chi connectivity index (χ4v) is 3.73. The molecular formula is C12H10F3N3O3S. The summed E-state index contributed by atoms with van der Waals surface area (Å²) in [5.41, 5.74) is 0.764. The number of nitrogens with zero attached hydrogens (tertiary/aromatic N) is 3. The molecule has 1 aromatic carbocycles. The molecular weight excluding hydrogens is 323 g/mol. The van der Waals surface area contributed by atoms with E-state index >= 15 is 0 Å². The SMILES string of the molecule is O=S1(=O)CCCN1c1ccc(-c2noc(C(F)(F)F)n2)cc1. The highest BCUT2D eigenvalue weighted by Crippen LogP contribution is 2.30. The lowest BCUT2D eigenvalue weighted by molar-refractivity contribution is -0.159. The van der Waals surface area contributed by atoms with Crippen LogP contribution in [0.5, 0.6) is 0 Å². The third kappa shape index (κ3) is 2.65. The van der Waals surface area contributed by atoms with Crippen LogP contribution in [0.2, 0.25) is 0 Å². The molecule has 1 aliphatic rings. The van der Waals surface area contributed by atoms with Crippen LogP contribution in [-0.2, 0) is 16.2 Å². The Hall–Kier alpha value is -2.10. The average molecular weight is 333 g/mol. The third-order valence-corrected chi connectivity index (χ3v) is 5.05. The van der Waals surface area contributed by atoms with Crippen LogP contribution < -0.4 is 4.31 Å². The topological polar surface area (TPSA) is 76.3 Å². The first kappa shape index (κ1) is 14.8. The lowest BCUT2D eigenvalue weighted by Crippen LogP contribution is -2.24. The standard InChI is InChI=1S/C12H10F3N3O3S/c13-12(14,15)11-16-10(17-21-11)8-2-4-9(5-3-8)18-6-1-7-22(18,19)20/h2-5H,1,6-7H2. The second-order valence-corrected chi connectivity index (χ2v) is 6.72. The molecule has 1 aromatic heterocycles. The first-order valence-electron chi connectivity index (χ1n) is 6.29. The van der Waals surface area contributed by atoms with Crippen molar-refractivity contribution in [2.45, 2.75) is 12.6 Å². The summed E-state index contributed by atoms with van der Waals surface area (Å²) in [4.78, 5) is 3.27. The maximum atomic E-state index is 12.4. The van der Waals surface area contributed by atoms with Gasteiger partial charge in [-0.3, -0.25) is 4.31 Å². The molecule has 0 aliphatic carbocycles. The van der Waals surface area contributed by atoms with Gasteiger partial charge >= 0.3 is 12.1 Å². The fourth-order valence-electron chi connectivity index (χ4n) is 2.16. The second kappa shape index (κ2) is 4.97. The Labute approximate surface area is 123 Å². The molecule has 10 heteroatoms. The van der Waals surface area contributed by atoms with E-state index in [4.69, 9.17) is 0 Å². The monoisotopic (exact) mass is 333 g/mol. The molecule has 0 amide bonds. The second-order valence-electron chi connectivity index (χ2n) is 4.71. The van der Waals surface area contributed by atoms with Crippen molar-refractivity contribution in [3.05, 3.63) is 30.2 Å². The zero-order valence-corrected chi connectivity index (χ0v) is 11.9. The number of sulfonamides is 1. The highest BCUT2D eigenvalue weighted by molar-refractivity contribution is 7.93. The van der Waals surface area contributed by atoms with E-state index in [1.165, 1.54) is 28.6 Å². The van der Waals surface area contributed by atoms with Crippen LogP contribution in [0.1, 0.15) is 12.3 Å². The van der Waals surface area contributed by atoms with Crippen molar-refractivity contribution >= 4 is 15.7 Å². The molecule has 0 radical (unpaired) electrons. The summed E-state index contributed by atoms with van der Waals surface area (Å²) >= 11 is 0. The Morgan fingerprint density at radius 2 is 1.86 bits per heavy atom. The summed E-state index contributed by atoms with van der Waals surface area (Å²) < 4.78 is 66.2. The van der Waals surface area contributed by atoms with Gasteiger partial charge in [-0.2, -0.15) is 18.2 Å². The molecule has 0 N–H and O–H groups in total. The smallest absolute Gasteiger partial charge is 0.329 e. The minimum Gasteiger partial charge on any atom is -0.329 e. The minimum atomic E-state index is -4.70. The van der Waals surface area contributed by atoms with Crippen molar-refractivity contribution in [3.63, 3.8) is 0 Å². The molecule has 1 saturated heterocycles. The molecule has 2 aromatic rings. The van der Waals surface area contributed by atoms with Crippen LogP contribution >= 0.6 is 0 Å². The molecule has 6 nitrogen and oxygen atoms in total. The van der Waals surface area contributed by atoms with Crippen LogP contribution in [0.4, 0.5) is 18.9 Å². The van der Waals surface area contributed by atoms with Gasteiger partial charge in [-0.25, -0.2) is 8.42 Å². The molecule has 22 heavy (non-hydrogen) atoms. The molecule has 0 atom stereocenters. The summed E-state index contributed by atoms with van der Waals surface area (Å²) in [7, 11) is -3.30. The lowest BCUT2D eigenvalue weighted by Gasteiger charge is -2.16. The molecule has 0 unspecified atom stereocenters. The Kier molecular flexibility index (Phi) is 3.35. The van der Waals surface area contributed by atoms with E-state index in [9.17, 15) is 21.6 Å². The highest BCUT2D eigenvalue weighted by Gasteiger charge is 2.38. The summed E-state index contributed by atoms with van der Waals surface area (Å²) in [6, 6.07) is 5.91. The van der Waals surface area contributed by atoms with Gasteiger partial charge in [0.25, 0.3) is 0 Å². The zero-order valence-electron chi connectivity index (χ0n) is 11.0. The predicted molar refractivity (Wildman–Crippen MR) is 70.5 cm³/mol. The van der Waals surface area contributed by atoms with Crippen molar-refractivity contribution in [1.82, 2.24) is 10.1 Å². The van der Waals surface area contributed by atoms with Crippen molar-refractivity contribution in [2.75, 3.05) is 16.6 Å². The number of alkyl halides is 3. The number of aromatic nitrogens is 2. The Morgan fingerprint density at radius 3 is 2.36 bits per heavy atom. The van der Waals surface area contributed by atoms with Crippen LogP contribution in [0.3, 0.4) is 0 Å². The third-order valence-electron chi connectivity index (χ3n) is 3.18. The Bertz CT molecular complexity index is 784. The normalized spacial score (nSPS) is 17.9. The van der Waals surface area contributed by atoms with E-state index in [0.717, 1.165) is 0 Å². The number of hydrogen-bond acceptors (Lipinski definition) is 5. The van der Waals surface area contributed by atoms with Gasteiger partial charge in [0, 0.05) is 12.1 Å². The van der Waals surface area contributed by atoms with Gasteiger partial charge in [-0.1, -0.05) is 5.16 Å². The van der Waals surface area contributed by atoms with Gasteiger partial charge in [-0.15, -0.1) is 0 Å². The maximum absolute atomic E-state index is 12.4. The number of hydrogen-bond donors (Lipinski definition) is 0. The number of benzene rings is 1. The van der Waals surface area contributed by atoms with Gasteiger partial charge in [0.2, 0.25) is 15.8 Å². The maximum Gasteiger partial charge on any atom is 0.471 e. The summed E-state index contributed by atoms with van der Waals surface area (Å²) in [5.74, 6) is -1.54. The average Bonchev–Trinajstić information content (AvgIpc) is 3.05. The van der Waals surface area contributed by atoms with E-state index < -0.39 is 22.1 Å². The number of rotatable bonds is 2. The molecule has 0 saturated carbocycles. The van der Waals surface area contributed by atoms with Crippen LogP contribution in [-0.4, -0.2) is 30.9 Å². The van der Waals surface area contributed by atoms with Crippen molar-refractivity contribution in [3.8, 4) is 11.4 Å². The van der Waals surface area contributed by atoms with E-state index in [1.807, 2.05) is 0 Å². The van der Waals surface area contributed by atoms with Crippen molar-refractivity contribution in [2.24, 2.45) is 0 Å². The Morgan fingerprint density at radius 1 is 1.18 bits per heavy atom. The highest BCUT2D eigenvalue weighted by atomic mass is 32.2. The van der Waals surface area contributed by atoms with E-state index in [0.29, 0.717) is 24.2 Å². The fraction of sp³-hybridized carbons (Fsp3) is 0.333. The molecule has 1 fully saturated rings. The largest absolute Gasteiger partial charge is 0.471 e. The first-order valence-corrected chi connectivity index (χ1v) is 7.90. The van der Waals surface area contributed by atoms with Crippen LogP contribution in [0, 0.1) is 0 Å². The first-order chi connectivity index (χ1) is 10.3. The number of anilines is 1. The summed E-state index contributed by atoms with van der Waals surface area (Å²) in [5, 5.41) is 3.27. The summed E-state index contributed by atoms with van der Waals surface area (Å²) in [6.45, 7) is 0.391. The Balaban J connectivity index is 1.87. The van der Waals surface area contributed by atoms with Gasteiger partial charge in [-0.05, 0) is 30.7 Å². The molecule has 0 spiro atoms. The van der Waals surface area contributed by atoms with E-state index in [2.05, 4.69) is 14.7 Å². The molecule has 3 rings (SSSR count). The van der Waals surface area contributed by atoms with E-state index in [1.54, 1.807) is 0 Å².